The number of likely N-dealkylation sites (tertiary alicyclic amines) is 1. The van der Waals surface area contributed by atoms with Gasteiger partial charge in [-0.15, -0.1) is 0 Å². The van der Waals surface area contributed by atoms with Gasteiger partial charge in [0.2, 0.25) is 10.9 Å². The molecule has 1 aliphatic heterocycles. The number of carbonyl (C=O) groups is 2. The number of pyridine rings is 2. The minimum atomic E-state index is -1.17. The van der Waals surface area contributed by atoms with Gasteiger partial charge in [0.1, 0.15) is 23.6 Å². The molecule has 0 radical (unpaired) electrons. The van der Waals surface area contributed by atoms with E-state index in [9.17, 15) is 14.1 Å². The molecule has 1 aliphatic rings. The van der Waals surface area contributed by atoms with Gasteiger partial charge in [-0.1, -0.05) is 0 Å². The van der Waals surface area contributed by atoms with Crippen molar-refractivity contribution in [2.24, 2.45) is 0 Å². The lowest BCUT2D eigenvalue weighted by Crippen LogP contribution is -2.24. The number of anilines is 2. The number of nitrogens with zero attached hydrogens (tertiary/aromatic N) is 3. The van der Waals surface area contributed by atoms with E-state index in [-0.39, 0.29) is 11.8 Å². The van der Waals surface area contributed by atoms with Crippen molar-refractivity contribution >= 4 is 34.5 Å². The molecular formula is C25H27N5O4S. The second-order valence-corrected chi connectivity index (χ2v) is 9.37. The fourth-order valence-electron chi connectivity index (χ4n) is 3.69. The Morgan fingerprint density at radius 2 is 2.03 bits per heavy atom. The predicted octanol–water partition coefficient (Wildman–Crippen LogP) is 3.62. The van der Waals surface area contributed by atoms with Crippen molar-refractivity contribution in [3.8, 4) is 11.5 Å². The van der Waals surface area contributed by atoms with E-state index in [1.54, 1.807) is 30.5 Å². The number of amides is 2. The number of nitrogens with one attached hydrogen (secondary N) is 2. The smallest absolute Gasteiger partial charge is 0.252 e. The zero-order valence-corrected chi connectivity index (χ0v) is 20.4. The van der Waals surface area contributed by atoms with Crippen LogP contribution in [0.5, 0.6) is 11.5 Å². The predicted molar refractivity (Wildman–Crippen MR) is 133 cm³/mol. The van der Waals surface area contributed by atoms with Crippen LogP contribution in [0.25, 0.3) is 0 Å². The highest BCUT2D eigenvalue weighted by Gasteiger charge is 2.22. The largest absolute Gasteiger partial charge is 0.610 e. The average molecular weight is 494 g/mol. The van der Waals surface area contributed by atoms with Crippen LogP contribution in [0, 0.1) is 0 Å². The molecule has 1 aromatic carbocycles. The van der Waals surface area contributed by atoms with Crippen molar-refractivity contribution in [1.29, 1.82) is 0 Å². The van der Waals surface area contributed by atoms with Gasteiger partial charge in [0.05, 0.1) is 11.8 Å². The van der Waals surface area contributed by atoms with Gasteiger partial charge in [-0.3, -0.25) is 9.59 Å². The molecule has 2 amide bonds. The second kappa shape index (κ2) is 11.2. The molecule has 9 nitrogen and oxygen atoms in total. The van der Waals surface area contributed by atoms with E-state index in [0.29, 0.717) is 54.0 Å². The standard InChI is InChI=1S/C25H27N5O4S/c1-3-26-25(32)17-6-10-22(27-14-17)29-19-7-9-21(18(13-19)16-30-12-4-5-24(30)31)34-20-8-11-23(28-15-20)35(2)33/h6-11,13-15H,3-5,12,16H2,1-2H3,(H,26,32)(H,27,29). The minimum Gasteiger partial charge on any atom is -0.610 e. The maximum Gasteiger partial charge on any atom is 0.252 e. The SMILES string of the molecule is CCNC(=O)c1ccc(Nc2ccc(Oc3ccc([S+](C)[O-])nc3)c(CN3CCCC3=O)c2)nc1. The third-order valence-corrected chi connectivity index (χ3v) is 6.29. The summed E-state index contributed by atoms with van der Waals surface area (Å²) in [6.45, 7) is 3.53. The highest BCUT2D eigenvalue weighted by Crippen LogP contribution is 2.31. The van der Waals surface area contributed by atoms with E-state index in [4.69, 9.17) is 4.74 Å². The Kier molecular flexibility index (Phi) is 7.84. The summed E-state index contributed by atoms with van der Waals surface area (Å²) in [7, 11) is 0. The van der Waals surface area contributed by atoms with E-state index in [0.717, 1.165) is 17.7 Å². The summed E-state index contributed by atoms with van der Waals surface area (Å²) in [6.07, 6.45) is 6.02. The molecule has 182 valence electrons. The third kappa shape index (κ3) is 6.28. The zero-order chi connectivity index (χ0) is 24.8. The number of hydrogen-bond donors (Lipinski definition) is 2. The molecule has 35 heavy (non-hydrogen) atoms. The molecule has 1 fully saturated rings. The van der Waals surface area contributed by atoms with Crippen LogP contribution in [-0.4, -0.2) is 50.6 Å². The summed E-state index contributed by atoms with van der Waals surface area (Å²) < 4.78 is 17.7. The summed E-state index contributed by atoms with van der Waals surface area (Å²) in [5, 5.41) is 6.46. The van der Waals surface area contributed by atoms with Crippen LogP contribution >= 0.6 is 0 Å². The molecule has 1 atom stereocenters. The molecule has 10 heteroatoms. The molecule has 3 heterocycles. The van der Waals surface area contributed by atoms with Crippen LogP contribution in [0.3, 0.4) is 0 Å². The van der Waals surface area contributed by atoms with Crippen LogP contribution in [0.4, 0.5) is 11.5 Å². The van der Waals surface area contributed by atoms with Crippen molar-refractivity contribution in [3.05, 3.63) is 66.0 Å². The van der Waals surface area contributed by atoms with Gasteiger partial charge >= 0.3 is 0 Å². The van der Waals surface area contributed by atoms with E-state index in [1.165, 1.54) is 12.4 Å². The third-order valence-electron chi connectivity index (χ3n) is 5.46. The number of benzene rings is 1. The van der Waals surface area contributed by atoms with Crippen LogP contribution in [-0.2, 0) is 22.5 Å². The summed E-state index contributed by atoms with van der Waals surface area (Å²) in [5.74, 6) is 1.65. The molecule has 3 aromatic rings. The first-order valence-corrected chi connectivity index (χ1v) is 12.9. The molecule has 1 unspecified atom stereocenters. The van der Waals surface area contributed by atoms with E-state index in [2.05, 4.69) is 20.6 Å². The van der Waals surface area contributed by atoms with Gasteiger partial charge in [-0.05, 0) is 49.7 Å². The number of ether oxygens (including phenoxy) is 1. The molecule has 2 aromatic heterocycles. The number of carbonyl (C=O) groups excluding carboxylic acids is 2. The summed E-state index contributed by atoms with van der Waals surface area (Å²) in [6, 6.07) is 12.4. The Labute approximate surface area is 207 Å². The lowest BCUT2D eigenvalue weighted by molar-refractivity contribution is -0.128. The van der Waals surface area contributed by atoms with E-state index < -0.39 is 11.2 Å². The van der Waals surface area contributed by atoms with Crippen molar-refractivity contribution in [1.82, 2.24) is 20.2 Å². The van der Waals surface area contributed by atoms with Crippen molar-refractivity contribution in [3.63, 3.8) is 0 Å². The van der Waals surface area contributed by atoms with Crippen LogP contribution < -0.4 is 15.4 Å². The van der Waals surface area contributed by atoms with Crippen molar-refractivity contribution < 1.29 is 18.9 Å². The van der Waals surface area contributed by atoms with Gasteiger partial charge in [-0.25, -0.2) is 9.97 Å². The lowest BCUT2D eigenvalue weighted by atomic mass is 10.1. The van der Waals surface area contributed by atoms with Gasteiger partial charge in [0.15, 0.2) is 0 Å². The number of hydrogen-bond acceptors (Lipinski definition) is 7. The molecule has 1 saturated heterocycles. The summed E-state index contributed by atoms with van der Waals surface area (Å²) in [4.78, 5) is 34.5. The molecular weight excluding hydrogens is 466 g/mol. The summed E-state index contributed by atoms with van der Waals surface area (Å²) >= 11 is -1.17. The van der Waals surface area contributed by atoms with Gasteiger partial charge < -0.3 is 24.8 Å². The van der Waals surface area contributed by atoms with Gasteiger partial charge in [-0.2, -0.15) is 0 Å². The van der Waals surface area contributed by atoms with Gasteiger partial charge in [0, 0.05) is 60.7 Å². The van der Waals surface area contributed by atoms with Gasteiger partial charge in [0.25, 0.3) is 5.91 Å². The molecule has 0 aliphatic carbocycles. The first-order valence-electron chi connectivity index (χ1n) is 11.3. The monoisotopic (exact) mass is 493 g/mol. The lowest BCUT2D eigenvalue weighted by Gasteiger charge is -2.19. The normalized spacial score (nSPS) is 14.0. The van der Waals surface area contributed by atoms with E-state index in [1.807, 2.05) is 30.0 Å². The Morgan fingerprint density at radius 3 is 2.66 bits per heavy atom. The fraction of sp³-hybridized carbons (Fsp3) is 0.280. The number of aromatic nitrogens is 2. The van der Waals surface area contributed by atoms with Crippen molar-refractivity contribution in [2.45, 2.75) is 31.3 Å². The second-order valence-electron chi connectivity index (χ2n) is 8.05. The Bertz CT molecular complexity index is 1190. The van der Waals surface area contributed by atoms with Crippen molar-refractivity contribution in [2.75, 3.05) is 24.7 Å². The Hall–Kier alpha value is -3.63. The Morgan fingerprint density at radius 1 is 1.17 bits per heavy atom. The van der Waals surface area contributed by atoms with Crippen LogP contribution in [0.2, 0.25) is 0 Å². The minimum absolute atomic E-state index is 0.119. The number of rotatable bonds is 9. The highest BCUT2D eigenvalue weighted by molar-refractivity contribution is 7.90. The van der Waals surface area contributed by atoms with Crippen LogP contribution in [0.15, 0.2) is 59.9 Å². The maximum absolute atomic E-state index is 12.2. The first kappa shape index (κ1) is 24.5. The molecule has 0 saturated carbocycles. The zero-order valence-electron chi connectivity index (χ0n) is 19.6. The van der Waals surface area contributed by atoms with E-state index >= 15 is 0 Å². The summed E-state index contributed by atoms with van der Waals surface area (Å²) in [5.41, 5.74) is 2.08. The van der Waals surface area contributed by atoms with Crippen LogP contribution in [0.1, 0.15) is 35.7 Å². The highest BCUT2D eigenvalue weighted by atomic mass is 32.2. The Balaban J connectivity index is 1.55. The maximum atomic E-state index is 12.2. The molecule has 0 spiro atoms. The quantitative estimate of drug-likeness (QED) is 0.437. The fourth-order valence-corrected chi connectivity index (χ4v) is 4.15. The average Bonchev–Trinajstić information content (AvgIpc) is 3.26. The topological polar surface area (TPSA) is 120 Å². The molecule has 2 N–H and O–H groups in total. The first-order chi connectivity index (χ1) is 16.9. The molecule has 4 rings (SSSR count). The molecule has 0 bridgehead atoms.